The van der Waals surface area contributed by atoms with Crippen LogP contribution < -0.4 is 5.32 Å². The van der Waals surface area contributed by atoms with Crippen LogP contribution in [0.3, 0.4) is 0 Å². The predicted molar refractivity (Wildman–Crippen MR) is 156 cm³/mol. The third kappa shape index (κ3) is 5.88. The Balaban J connectivity index is 1.27. The van der Waals surface area contributed by atoms with Gasteiger partial charge in [-0.25, -0.2) is 18.3 Å². The predicted octanol–water partition coefficient (Wildman–Crippen LogP) is 4.48. The van der Waals surface area contributed by atoms with Crippen molar-refractivity contribution >= 4 is 11.9 Å². The third-order valence-electron chi connectivity index (χ3n) is 7.92. The monoisotopic (exact) mass is 600 g/mol. The molecule has 0 spiro atoms. The van der Waals surface area contributed by atoms with Crippen LogP contribution in [-0.2, 0) is 24.8 Å². The average Bonchev–Trinajstić information content (AvgIpc) is 3.79. The van der Waals surface area contributed by atoms with Crippen LogP contribution in [0.15, 0.2) is 77.5 Å². The number of carboxylic acids is 1. The Labute approximate surface area is 251 Å². The lowest BCUT2D eigenvalue weighted by Crippen LogP contribution is -2.41. The maximum absolute atomic E-state index is 14.3. The van der Waals surface area contributed by atoms with E-state index in [0.29, 0.717) is 30.1 Å². The summed E-state index contributed by atoms with van der Waals surface area (Å²) < 4.78 is 36.9. The molecule has 226 valence electrons. The molecular formula is C32H30F2N6O4. The molecule has 3 aromatic heterocycles. The number of aryl methyl sites for hydroxylation is 1. The van der Waals surface area contributed by atoms with E-state index in [2.05, 4.69) is 10.4 Å². The van der Waals surface area contributed by atoms with Gasteiger partial charge in [0.2, 0.25) is 11.7 Å². The van der Waals surface area contributed by atoms with Gasteiger partial charge < -0.3 is 14.8 Å². The van der Waals surface area contributed by atoms with Gasteiger partial charge in [0, 0.05) is 43.9 Å². The van der Waals surface area contributed by atoms with Gasteiger partial charge >= 0.3 is 5.97 Å². The molecule has 12 heteroatoms. The molecule has 44 heavy (non-hydrogen) atoms. The second-order valence-corrected chi connectivity index (χ2v) is 11.0. The fraction of sp³-hybridized carbons (Fsp3) is 0.250. The number of para-hydroxylation sites is 1. The van der Waals surface area contributed by atoms with Crippen LogP contribution in [0.4, 0.5) is 8.78 Å². The SMILES string of the molecule is Cc1c(-c2cnn(C)c2)nn(-c2ccccc2)c1CC(=O)N[C@@H]1CN(Cc2ccc(C(=O)O)o2)C[C@H]1c1ccc(F)c(F)c1. The number of carbonyl (C=O) groups excluding carboxylic acids is 1. The van der Waals surface area contributed by atoms with Crippen molar-refractivity contribution < 1.29 is 27.9 Å². The minimum atomic E-state index is -1.17. The highest BCUT2D eigenvalue weighted by Gasteiger charge is 2.36. The summed E-state index contributed by atoms with van der Waals surface area (Å²) in [5.74, 6) is -3.41. The number of hydrogen-bond acceptors (Lipinski definition) is 6. The van der Waals surface area contributed by atoms with Crippen molar-refractivity contribution in [2.75, 3.05) is 13.1 Å². The molecule has 0 aliphatic carbocycles. The van der Waals surface area contributed by atoms with Crippen molar-refractivity contribution in [3.8, 4) is 16.9 Å². The van der Waals surface area contributed by atoms with Crippen LogP contribution in [0.2, 0.25) is 0 Å². The van der Waals surface area contributed by atoms with Crippen molar-refractivity contribution in [3.63, 3.8) is 0 Å². The maximum atomic E-state index is 14.3. The van der Waals surface area contributed by atoms with Gasteiger partial charge in [0.25, 0.3) is 0 Å². The van der Waals surface area contributed by atoms with Crippen LogP contribution in [-0.4, -0.2) is 60.6 Å². The van der Waals surface area contributed by atoms with E-state index in [-0.39, 0.29) is 30.6 Å². The van der Waals surface area contributed by atoms with Crippen molar-refractivity contribution in [1.82, 2.24) is 29.8 Å². The second-order valence-electron chi connectivity index (χ2n) is 11.0. The Bertz CT molecular complexity index is 1830. The Hall–Kier alpha value is -5.10. The number of hydrogen-bond donors (Lipinski definition) is 2. The maximum Gasteiger partial charge on any atom is 0.371 e. The van der Waals surface area contributed by atoms with Gasteiger partial charge in [0.05, 0.1) is 36.2 Å². The van der Waals surface area contributed by atoms with Crippen molar-refractivity contribution in [2.45, 2.75) is 31.8 Å². The number of aromatic nitrogens is 4. The van der Waals surface area contributed by atoms with E-state index in [1.807, 2.05) is 55.4 Å². The van der Waals surface area contributed by atoms with Crippen LogP contribution in [0.5, 0.6) is 0 Å². The van der Waals surface area contributed by atoms with E-state index in [1.54, 1.807) is 21.6 Å². The molecule has 1 amide bonds. The van der Waals surface area contributed by atoms with Gasteiger partial charge in [-0.2, -0.15) is 10.2 Å². The molecule has 5 aromatic rings. The number of benzene rings is 2. The molecule has 0 saturated carbocycles. The lowest BCUT2D eigenvalue weighted by molar-refractivity contribution is -0.121. The summed E-state index contributed by atoms with van der Waals surface area (Å²) in [5.41, 5.74) is 4.45. The van der Waals surface area contributed by atoms with Crippen molar-refractivity contribution in [1.29, 1.82) is 0 Å². The highest BCUT2D eigenvalue weighted by molar-refractivity contribution is 5.84. The minimum absolute atomic E-state index is 0.0230. The second kappa shape index (κ2) is 11.9. The van der Waals surface area contributed by atoms with E-state index >= 15 is 0 Å². The number of nitrogens with one attached hydrogen (secondary N) is 1. The summed E-state index contributed by atoms with van der Waals surface area (Å²) in [6.07, 6.45) is 3.62. The Morgan fingerprint density at radius 2 is 1.86 bits per heavy atom. The Kier molecular flexibility index (Phi) is 7.83. The van der Waals surface area contributed by atoms with Crippen molar-refractivity contribution in [3.05, 3.63) is 113 Å². The first kappa shape index (κ1) is 29.0. The fourth-order valence-electron chi connectivity index (χ4n) is 5.79. The topological polar surface area (TPSA) is 118 Å². The summed E-state index contributed by atoms with van der Waals surface area (Å²) in [7, 11) is 1.83. The standard InChI is InChI=1S/C32H30F2N6O4/c1-19-28(40(22-6-4-3-5-7-22)37-31(19)21-14-35-38(2)15-21)13-30(41)36-27-18-39(16-23-9-11-29(44-23)32(42)43)17-24(27)20-8-10-25(33)26(34)12-20/h3-12,14-15,24,27H,13,16-18H2,1-2H3,(H,36,41)(H,42,43)/t24-,27+/m0/s1. The summed E-state index contributed by atoms with van der Waals surface area (Å²) in [6, 6.07) is 15.8. The number of rotatable bonds is 9. The van der Waals surface area contributed by atoms with Gasteiger partial charge in [0.15, 0.2) is 11.6 Å². The summed E-state index contributed by atoms with van der Waals surface area (Å²) >= 11 is 0. The van der Waals surface area contributed by atoms with Crippen molar-refractivity contribution in [2.24, 2.45) is 7.05 Å². The molecule has 2 aromatic carbocycles. The quantitative estimate of drug-likeness (QED) is 0.256. The fourth-order valence-corrected chi connectivity index (χ4v) is 5.79. The Morgan fingerprint density at radius 3 is 2.55 bits per heavy atom. The van der Waals surface area contributed by atoms with E-state index in [4.69, 9.17) is 9.52 Å². The van der Waals surface area contributed by atoms with E-state index in [9.17, 15) is 23.5 Å². The van der Waals surface area contributed by atoms with Gasteiger partial charge in [-0.15, -0.1) is 0 Å². The van der Waals surface area contributed by atoms with Crippen LogP contribution in [0.25, 0.3) is 16.9 Å². The van der Waals surface area contributed by atoms with E-state index in [1.165, 1.54) is 12.1 Å². The van der Waals surface area contributed by atoms with E-state index < -0.39 is 23.6 Å². The number of carbonyl (C=O) groups is 2. The number of aromatic carboxylic acids is 1. The molecular weight excluding hydrogens is 570 g/mol. The van der Waals surface area contributed by atoms with Gasteiger partial charge in [-0.05, 0) is 54.4 Å². The Morgan fingerprint density at radius 1 is 1.07 bits per heavy atom. The van der Waals surface area contributed by atoms with E-state index in [0.717, 1.165) is 34.6 Å². The summed E-state index contributed by atoms with van der Waals surface area (Å²) in [5, 5.41) is 21.5. The largest absolute Gasteiger partial charge is 0.475 e. The normalized spacial score (nSPS) is 16.8. The smallest absolute Gasteiger partial charge is 0.371 e. The number of halogens is 2. The number of nitrogens with zero attached hydrogens (tertiary/aromatic N) is 5. The first-order valence-electron chi connectivity index (χ1n) is 14.1. The molecule has 10 nitrogen and oxygen atoms in total. The molecule has 0 bridgehead atoms. The molecule has 1 fully saturated rings. The molecule has 0 radical (unpaired) electrons. The van der Waals surface area contributed by atoms with Crippen LogP contribution in [0, 0.1) is 18.6 Å². The molecule has 2 N–H and O–H groups in total. The summed E-state index contributed by atoms with van der Waals surface area (Å²) in [4.78, 5) is 26.9. The van der Waals surface area contributed by atoms with Crippen LogP contribution >= 0.6 is 0 Å². The third-order valence-corrected chi connectivity index (χ3v) is 7.92. The molecule has 2 atom stereocenters. The number of likely N-dealkylation sites (tertiary alicyclic amines) is 1. The zero-order chi connectivity index (χ0) is 31.0. The van der Waals surface area contributed by atoms with Gasteiger partial charge in [0.1, 0.15) is 5.76 Å². The number of carboxylic acid groups (broad SMARTS) is 1. The minimum Gasteiger partial charge on any atom is -0.475 e. The molecule has 1 aliphatic heterocycles. The van der Waals surface area contributed by atoms with Gasteiger partial charge in [-0.1, -0.05) is 24.3 Å². The first-order chi connectivity index (χ1) is 21.2. The zero-order valence-electron chi connectivity index (χ0n) is 24.1. The van der Waals surface area contributed by atoms with Gasteiger partial charge in [-0.3, -0.25) is 14.4 Å². The lowest BCUT2D eigenvalue weighted by atomic mass is 9.94. The molecule has 1 aliphatic rings. The number of amides is 1. The summed E-state index contributed by atoms with van der Waals surface area (Å²) in [6.45, 7) is 3.00. The molecule has 0 unspecified atom stereocenters. The highest BCUT2D eigenvalue weighted by Crippen LogP contribution is 2.31. The lowest BCUT2D eigenvalue weighted by Gasteiger charge is -2.21. The highest BCUT2D eigenvalue weighted by atomic mass is 19.2. The zero-order valence-corrected chi connectivity index (χ0v) is 24.1. The molecule has 4 heterocycles. The van der Waals surface area contributed by atoms with Crippen LogP contribution in [0.1, 0.15) is 39.1 Å². The first-order valence-corrected chi connectivity index (χ1v) is 14.1. The average molecular weight is 601 g/mol. The number of furan rings is 1. The molecule has 6 rings (SSSR count). The molecule has 1 saturated heterocycles.